The largest absolute Gasteiger partial charge is 0.507 e. The number of carbonyl (C=O) groups excluding carboxylic acids is 2. The average Bonchev–Trinajstić information content (AvgIpc) is 3.13. The van der Waals surface area contributed by atoms with E-state index in [0.29, 0.717) is 47.1 Å². The lowest BCUT2D eigenvalue weighted by molar-refractivity contribution is -0.139. The summed E-state index contributed by atoms with van der Waals surface area (Å²) in [5.74, 6) is 0.170. The fourth-order valence-electron chi connectivity index (χ4n) is 4.61. The number of aryl methyl sites for hydroxylation is 1. The lowest BCUT2D eigenvalue weighted by Gasteiger charge is -2.27. The van der Waals surface area contributed by atoms with Crippen LogP contribution in [0.5, 0.6) is 23.0 Å². The number of Topliss-reactive ketones (excluding diaryl/α,β-unsaturated/α-hetero) is 1. The Balaban J connectivity index is 2.20. The molecular weight excluding hydrogens is 488 g/mol. The Labute approximate surface area is 224 Å². The number of hydrogen-bond donors (Lipinski definition) is 1. The first-order valence-electron chi connectivity index (χ1n) is 12.5. The van der Waals surface area contributed by atoms with Crippen molar-refractivity contribution in [2.75, 3.05) is 48.5 Å². The molecule has 2 aromatic carbocycles. The summed E-state index contributed by atoms with van der Waals surface area (Å²) >= 11 is 0. The van der Waals surface area contributed by atoms with Crippen LogP contribution in [0.3, 0.4) is 0 Å². The Bertz CT molecular complexity index is 1190. The molecule has 3 rings (SSSR count). The molecule has 1 saturated heterocycles. The summed E-state index contributed by atoms with van der Waals surface area (Å²) in [5, 5.41) is 11.5. The molecule has 1 amide bonds. The van der Waals surface area contributed by atoms with Gasteiger partial charge in [-0.25, -0.2) is 0 Å². The highest BCUT2D eigenvalue weighted by molar-refractivity contribution is 6.46. The first kappa shape index (κ1) is 28.8. The van der Waals surface area contributed by atoms with E-state index in [1.165, 1.54) is 26.2 Å². The minimum absolute atomic E-state index is 0.00561. The van der Waals surface area contributed by atoms with Gasteiger partial charge in [0.05, 0.1) is 39.0 Å². The second-order valence-corrected chi connectivity index (χ2v) is 9.75. The zero-order valence-electron chi connectivity index (χ0n) is 23.5. The van der Waals surface area contributed by atoms with Crippen LogP contribution >= 0.6 is 0 Å². The molecule has 1 heterocycles. The van der Waals surface area contributed by atoms with Gasteiger partial charge in [0.25, 0.3) is 11.7 Å². The van der Waals surface area contributed by atoms with Gasteiger partial charge in [-0.2, -0.15) is 0 Å². The van der Waals surface area contributed by atoms with Gasteiger partial charge in [0.2, 0.25) is 5.75 Å². The van der Waals surface area contributed by atoms with E-state index >= 15 is 0 Å². The van der Waals surface area contributed by atoms with Crippen LogP contribution in [0.4, 0.5) is 0 Å². The molecule has 0 bridgehead atoms. The molecular formula is C29H38N2O7. The molecule has 0 saturated carbocycles. The zero-order valence-corrected chi connectivity index (χ0v) is 23.5. The van der Waals surface area contributed by atoms with E-state index in [0.717, 1.165) is 12.1 Å². The van der Waals surface area contributed by atoms with Crippen molar-refractivity contribution in [1.82, 2.24) is 9.80 Å². The van der Waals surface area contributed by atoms with Gasteiger partial charge >= 0.3 is 0 Å². The molecule has 0 aliphatic carbocycles. The van der Waals surface area contributed by atoms with E-state index in [-0.39, 0.29) is 17.4 Å². The molecule has 9 heteroatoms. The van der Waals surface area contributed by atoms with Crippen molar-refractivity contribution in [2.45, 2.75) is 39.3 Å². The van der Waals surface area contributed by atoms with Gasteiger partial charge in [0, 0.05) is 12.1 Å². The Morgan fingerprint density at radius 3 is 2.13 bits per heavy atom. The first-order chi connectivity index (χ1) is 18.0. The van der Waals surface area contributed by atoms with Gasteiger partial charge in [-0.3, -0.25) is 9.59 Å². The smallest absolute Gasteiger partial charge is 0.295 e. The van der Waals surface area contributed by atoms with E-state index in [9.17, 15) is 14.7 Å². The fourth-order valence-corrected chi connectivity index (χ4v) is 4.61. The topological polar surface area (TPSA) is 97.8 Å². The standard InChI is InChI=1S/C29H38N2O7/c1-17(2)38-21-11-10-19(14-18(21)3)26(32)24-25(31(29(34)27(24)33)13-9-12-30(4)5)20-15-22(35-6)28(37-8)23(16-20)36-7/h10-11,14-17,25,32H,9,12-13H2,1-8H3/b26-24+. The van der Waals surface area contributed by atoms with Gasteiger partial charge in [-0.05, 0) is 89.3 Å². The highest BCUT2D eigenvalue weighted by Crippen LogP contribution is 2.46. The number of methoxy groups -OCH3 is 3. The molecule has 1 aliphatic heterocycles. The average molecular weight is 527 g/mol. The number of rotatable bonds is 11. The van der Waals surface area contributed by atoms with Crippen molar-refractivity contribution in [3.63, 3.8) is 0 Å². The minimum Gasteiger partial charge on any atom is -0.507 e. The molecule has 206 valence electrons. The third-order valence-corrected chi connectivity index (χ3v) is 6.36. The molecule has 1 unspecified atom stereocenters. The van der Waals surface area contributed by atoms with E-state index < -0.39 is 17.7 Å². The molecule has 0 spiro atoms. The van der Waals surface area contributed by atoms with Gasteiger partial charge in [0.1, 0.15) is 11.5 Å². The van der Waals surface area contributed by atoms with Crippen LogP contribution in [0.1, 0.15) is 43.0 Å². The van der Waals surface area contributed by atoms with Crippen LogP contribution in [-0.4, -0.2) is 81.2 Å². The monoisotopic (exact) mass is 526 g/mol. The maximum atomic E-state index is 13.4. The van der Waals surface area contributed by atoms with Crippen molar-refractivity contribution in [3.05, 3.63) is 52.6 Å². The van der Waals surface area contributed by atoms with Crippen molar-refractivity contribution >= 4 is 17.4 Å². The van der Waals surface area contributed by atoms with Crippen molar-refractivity contribution in [2.24, 2.45) is 0 Å². The van der Waals surface area contributed by atoms with E-state index in [4.69, 9.17) is 18.9 Å². The molecule has 1 aliphatic rings. The van der Waals surface area contributed by atoms with E-state index in [2.05, 4.69) is 0 Å². The maximum absolute atomic E-state index is 13.4. The quantitative estimate of drug-likeness (QED) is 0.265. The first-order valence-corrected chi connectivity index (χ1v) is 12.5. The predicted molar refractivity (Wildman–Crippen MR) is 145 cm³/mol. The van der Waals surface area contributed by atoms with Crippen LogP contribution in [0.2, 0.25) is 0 Å². The van der Waals surface area contributed by atoms with Crippen molar-refractivity contribution in [1.29, 1.82) is 0 Å². The number of amides is 1. The predicted octanol–water partition coefficient (Wildman–Crippen LogP) is 4.18. The van der Waals surface area contributed by atoms with Crippen LogP contribution in [0.25, 0.3) is 5.76 Å². The number of nitrogens with zero attached hydrogens (tertiary/aromatic N) is 2. The molecule has 0 aromatic heterocycles. The summed E-state index contributed by atoms with van der Waals surface area (Å²) in [6.45, 7) is 6.78. The van der Waals surface area contributed by atoms with E-state index in [1.807, 2.05) is 39.8 Å². The highest BCUT2D eigenvalue weighted by atomic mass is 16.5. The van der Waals surface area contributed by atoms with Gasteiger partial charge < -0.3 is 33.9 Å². The molecule has 2 aromatic rings. The maximum Gasteiger partial charge on any atom is 0.295 e. The molecule has 1 atom stereocenters. The number of benzene rings is 2. The highest BCUT2D eigenvalue weighted by Gasteiger charge is 2.46. The van der Waals surface area contributed by atoms with Gasteiger partial charge in [-0.1, -0.05) is 0 Å². The summed E-state index contributed by atoms with van der Waals surface area (Å²) in [4.78, 5) is 30.2. The SMILES string of the molecule is COc1cc(C2/C(=C(\O)c3ccc(OC(C)C)c(C)c3)C(=O)C(=O)N2CCCN(C)C)cc(OC)c1OC. The normalized spacial score (nSPS) is 16.9. The van der Waals surface area contributed by atoms with Gasteiger partial charge in [0.15, 0.2) is 11.5 Å². The number of likely N-dealkylation sites (tertiary alicyclic amines) is 1. The Morgan fingerprint density at radius 2 is 1.63 bits per heavy atom. The zero-order chi connectivity index (χ0) is 28.1. The molecule has 1 fully saturated rings. The van der Waals surface area contributed by atoms with Crippen LogP contribution in [0, 0.1) is 6.92 Å². The number of aliphatic hydroxyl groups is 1. The Morgan fingerprint density at radius 1 is 1.00 bits per heavy atom. The molecule has 1 N–H and O–H groups in total. The number of hydrogen-bond acceptors (Lipinski definition) is 8. The second kappa shape index (κ2) is 12.2. The van der Waals surface area contributed by atoms with Gasteiger partial charge in [-0.15, -0.1) is 0 Å². The second-order valence-electron chi connectivity index (χ2n) is 9.75. The number of carbonyl (C=O) groups is 2. The number of ether oxygens (including phenoxy) is 4. The third-order valence-electron chi connectivity index (χ3n) is 6.36. The third kappa shape index (κ3) is 5.88. The summed E-state index contributed by atoms with van der Waals surface area (Å²) < 4.78 is 22.3. The lowest BCUT2D eigenvalue weighted by Crippen LogP contribution is -2.32. The summed E-state index contributed by atoms with van der Waals surface area (Å²) in [5.41, 5.74) is 1.78. The molecule has 0 radical (unpaired) electrons. The number of ketones is 1. The van der Waals surface area contributed by atoms with Crippen LogP contribution in [-0.2, 0) is 9.59 Å². The summed E-state index contributed by atoms with van der Waals surface area (Å²) in [7, 11) is 8.39. The minimum atomic E-state index is -0.849. The lowest BCUT2D eigenvalue weighted by atomic mass is 9.94. The fraction of sp³-hybridized carbons (Fsp3) is 0.448. The van der Waals surface area contributed by atoms with Crippen molar-refractivity contribution in [3.8, 4) is 23.0 Å². The summed E-state index contributed by atoms with van der Waals surface area (Å²) in [6, 6.07) is 7.75. The Kier molecular flexibility index (Phi) is 9.27. The van der Waals surface area contributed by atoms with Crippen molar-refractivity contribution < 1.29 is 33.6 Å². The summed E-state index contributed by atoms with van der Waals surface area (Å²) in [6.07, 6.45) is 0.627. The van der Waals surface area contributed by atoms with Crippen LogP contribution < -0.4 is 18.9 Å². The molecule has 9 nitrogen and oxygen atoms in total. The molecule has 38 heavy (non-hydrogen) atoms. The number of aliphatic hydroxyl groups excluding tert-OH is 1. The Hall–Kier alpha value is -3.72. The van der Waals surface area contributed by atoms with Crippen LogP contribution in [0.15, 0.2) is 35.9 Å². The van der Waals surface area contributed by atoms with E-state index in [1.54, 1.807) is 30.3 Å².